The number of hydrogen-bond acceptors (Lipinski definition) is 1. The Balaban J connectivity index is 1.04. The Labute approximate surface area is 400 Å². The summed E-state index contributed by atoms with van der Waals surface area (Å²) in [6.45, 7) is 4.50. The first-order valence-electron chi connectivity index (χ1n) is 25.3. The van der Waals surface area contributed by atoms with Crippen molar-refractivity contribution in [1.29, 1.82) is 0 Å². The average molecular weight is 872 g/mol. The lowest BCUT2D eigenvalue weighted by Gasteiger charge is -2.61. The van der Waals surface area contributed by atoms with Gasteiger partial charge in [-0.2, -0.15) is 0 Å². The van der Waals surface area contributed by atoms with Crippen molar-refractivity contribution in [3.63, 3.8) is 0 Å². The van der Waals surface area contributed by atoms with Gasteiger partial charge in [0.25, 0.3) is 0 Å². The maximum atomic E-state index is 2.76. The third-order valence-electron chi connectivity index (χ3n) is 18.0. The second-order valence-corrected chi connectivity index (χ2v) is 21.3. The van der Waals surface area contributed by atoms with Crippen molar-refractivity contribution in [3.05, 3.63) is 245 Å². The summed E-state index contributed by atoms with van der Waals surface area (Å²) in [7, 11) is 0. The molecule has 68 heavy (non-hydrogen) atoms. The van der Waals surface area contributed by atoms with Gasteiger partial charge in [0.05, 0.1) is 22.5 Å². The van der Waals surface area contributed by atoms with Crippen LogP contribution in [-0.2, 0) is 10.8 Å². The fourth-order valence-corrected chi connectivity index (χ4v) is 15.8. The van der Waals surface area contributed by atoms with Gasteiger partial charge in [-0.15, -0.1) is 0 Å². The van der Waals surface area contributed by atoms with Crippen molar-refractivity contribution < 1.29 is 0 Å². The summed E-state index contributed by atoms with van der Waals surface area (Å²) in [5.74, 6) is 2.98. The van der Waals surface area contributed by atoms with Crippen molar-refractivity contribution in [3.8, 4) is 55.6 Å². The predicted octanol–water partition coefficient (Wildman–Crippen LogP) is 17.2. The molecule has 1 heteroatoms. The van der Waals surface area contributed by atoms with Crippen LogP contribution in [0.5, 0.6) is 0 Å². The summed E-state index contributed by atoms with van der Waals surface area (Å²) in [5, 5.41) is 0. The first-order chi connectivity index (χ1) is 33.5. The molecule has 7 aliphatic carbocycles. The fraction of sp³-hybridized carbons (Fsp3) is 0.194. The van der Waals surface area contributed by atoms with E-state index >= 15 is 0 Å². The molecule has 4 bridgehead atoms. The Hall–Kier alpha value is -7.22. The normalized spacial score (nSPS) is 23.6. The van der Waals surface area contributed by atoms with Gasteiger partial charge in [-0.05, 0) is 166 Å². The van der Waals surface area contributed by atoms with E-state index in [1.165, 1.54) is 138 Å². The lowest BCUT2D eigenvalue weighted by molar-refractivity contribution is -0.0397. The van der Waals surface area contributed by atoms with Gasteiger partial charge in [-0.3, -0.25) is 0 Å². The number of rotatable bonds is 5. The number of anilines is 3. The van der Waals surface area contributed by atoms with E-state index in [0.717, 1.165) is 11.8 Å². The predicted molar refractivity (Wildman–Crippen MR) is 281 cm³/mol. The van der Waals surface area contributed by atoms with Crippen LogP contribution < -0.4 is 4.90 Å². The fourth-order valence-electron chi connectivity index (χ4n) is 15.8. The van der Waals surface area contributed by atoms with Crippen molar-refractivity contribution in [2.24, 2.45) is 23.7 Å². The summed E-state index contributed by atoms with van der Waals surface area (Å²) in [5.41, 5.74) is 27.8. The molecule has 0 radical (unpaired) electrons. The molecule has 1 atom stereocenters. The third kappa shape index (κ3) is 5.02. The highest BCUT2D eigenvalue weighted by molar-refractivity contribution is 6.04. The Kier molecular flexibility index (Phi) is 8.09. The van der Waals surface area contributed by atoms with Gasteiger partial charge in [0.15, 0.2) is 0 Å². The van der Waals surface area contributed by atoms with Gasteiger partial charge in [-0.1, -0.05) is 193 Å². The second-order valence-electron chi connectivity index (χ2n) is 21.3. The molecule has 0 heterocycles. The minimum absolute atomic E-state index is 0.0315. The highest BCUT2D eigenvalue weighted by Crippen LogP contribution is 2.72. The average Bonchev–Trinajstić information content (AvgIpc) is 3.96. The number of aryl methyl sites for hydroxylation is 2. The first-order valence-corrected chi connectivity index (χ1v) is 25.3. The zero-order valence-corrected chi connectivity index (χ0v) is 38.8. The van der Waals surface area contributed by atoms with Gasteiger partial charge in [0.2, 0.25) is 0 Å². The minimum Gasteiger partial charge on any atom is -0.309 e. The van der Waals surface area contributed by atoms with Crippen LogP contribution in [0.25, 0.3) is 55.6 Å². The maximum absolute atomic E-state index is 2.76. The Bertz CT molecular complexity index is 3530. The molecule has 1 nitrogen and oxygen atoms in total. The van der Waals surface area contributed by atoms with Crippen LogP contribution in [0.15, 0.2) is 200 Å². The van der Waals surface area contributed by atoms with Crippen LogP contribution in [0.2, 0.25) is 0 Å². The van der Waals surface area contributed by atoms with Crippen molar-refractivity contribution >= 4 is 17.1 Å². The van der Waals surface area contributed by atoms with Crippen molar-refractivity contribution in [1.82, 2.24) is 0 Å². The van der Waals surface area contributed by atoms with Gasteiger partial charge in [0.1, 0.15) is 0 Å². The second kappa shape index (κ2) is 14.2. The van der Waals surface area contributed by atoms with Crippen molar-refractivity contribution in [2.45, 2.75) is 56.8 Å². The summed E-state index contributed by atoms with van der Waals surface area (Å²) >= 11 is 0. The Morgan fingerprint density at radius 2 is 0.897 bits per heavy atom. The van der Waals surface area contributed by atoms with Crippen LogP contribution in [0.3, 0.4) is 0 Å². The molecular weight excluding hydrogens is 819 g/mol. The topological polar surface area (TPSA) is 3.24 Å². The molecule has 9 aromatic carbocycles. The highest BCUT2D eigenvalue weighted by Gasteiger charge is 2.63. The van der Waals surface area contributed by atoms with E-state index in [2.05, 4.69) is 219 Å². The number of fused-ring (bicyclic) bond motifs is 13. The van der Waals surface area contributed by atoms with Crippen LogP contribution in [0.1, 0.15) is 76.6 Å². The molecule has 0 aliphatic heterocycles. The van der Waals surface area contributed by atoms with Gasteiger partial charge < -0.3 is 4.90 Å². The van der Waals surface area contributed by atoms with E-state index in [1.807, 2.05) is 0 Å². The molecule has 2 spiro atoms. The van der Waals surface area contributed by atoms with E-state index in [4.69, 9.17) is 0 Å². The number of para-hydroxylation sites is 1. The molecule has 16 rings (SSSR count). The molecular formula is C67H53N. The van der Waals surface area contributed by atoms with E-state index in [-0.39, 0.29) is 5.41 Å². The van der Waals surface area contributed by atoms with Crippen LogP contribution >= 0.6 is 0 Å². The third-order valence-corrected chi connectivity index (χ3v) is 18.0. The summed E-state index contributed by atoms with van der Waals surface area (Å²) in [6.07, 6.45) is 6.80. The summed E-state index contributed by atoms with van der Waals surface area (Å²) in [6, 6.07) is 77.5. The molecule has 0 saturated heterocycles. The molecule has 0 N–H and O–H groups in total. The smallest absolute Gasteiger partial charge is 0.0726 e. The Morgan fingerprint density at radius 3 is 1.69 bits per heavy atom. The van der Waals surface area contributed by atoms with E-state index in [0.29, 0.717) is 11.8 Å². The lowest BCUT2D eigenvalue weighted by Crippen LogP contribution is -2.55. The maximum Gasteiger partial charge on any atom is 0.0726 e. The quantitative estimate of drug-likeness (QED) is 0.167. The summed E-state index contributed by atoms with van der Waals surface area (Å²) in [4.78, 5) is 2.76. The lowest BCUT2D eigenvalue weighted by atomic mass is 9.43. The molecule has 4 saturated carbocycles. The monoisotopic (exact) mass is 871 g/mol. The van der Waals surface area contributed by atoms with E-state index < -0.39 is 5.41 Å². The zero-order chi connectivity index (χ0) is 44.9. The van der Waals surface area contributed by atoms with Crippen molar-refractivity contribution in [2.75, 3.05) is 4.90 Å². The molecule has 326 valence electrons. The molecule has 7 aliphatic rings. The first kappa shape index (κ1) is 38.8. The number of benzene rings is 9. The zero-order valence-electron chi connectivity index (χ0n) is 38.8. The van der Waals surface area contributed by atoms with E-state index in [1.54, 1.807) is 11.1 Å². The van der Waals surface area contributed by atoms with Gasteiger partial charge in [0, 0.05) is 16.5 Å². The highest BCUT2D eigenvalue weighted by atomic mass is 15.2. The number of hydrogen-bond donors (Lipinski definition) is 0. The van der Waals surface area contributed by atoms with Crippen LogP contribution in [-0.4, -0.2) is 0 Å². The Morgan fingerprint density at radius 1 is 0.353 bits per heavy atom. The SMILES string of the molecule is Cc1ccc2c(c1)-c1ccc(C)cc1C21c2ccccc2-c2c(N(c3ccccc3-c3ccc(-c4ccccc4)cc3)c3cccc4c3C3(c5ccccc5-4)C4CC5CC(C4)CC3C5)cccc21. The summed E-state index contributed by atoms with van der Waals surface area (Å²) < 4.78 is 0. The largest absolute Gasteiger partial charge is 0.309 e. The van der Waals surface area contributed by atoms with Gasteiger partial charge >= 0.3 is 0 Å². The van der Waals surface area contributed by atoms with Gasteiger partial charge in [-0.25, -0.2) is 0 Å². The molecule has 0 aromatic heterocycles. The molecule has 4 fully saturated rings. The molecule has 9 aromatic rings. The van der Waals surface area contributed by atoms with E-state index in [9.17, 15) is 0 Å². The standard InChI is InChI=1S/C67H53N/c1-41-27-33-58-55(34-41)52-32-26-42(2)35-60(52)67(58)57-21-10-7-18-54(57)64-59(67)22-13-24-62(64)68(61-23-11-8-16-50(61)47-30-28-46(29-31-47)45-14-4-3-5-15-45)63-25-12-19-53-51-17-6-9-20-56(51)66(65(53)63)48-37-43-36-44(39-48)40-49(66)38-43/h3-35,43-44,48-49H,36-40H2,1-2H3. The number of nitrogens with zero attached hydrogens (tertiary/aromatic N) is 1. The minimum atomic E-state index is -0.456. The molecule has 1 unspecified atom stereocenters. The van der Waals surface area contributed by atoms with Crippen LogP contribution in [0, 0.1) is 37.5 Å². The molecule has 0 amide bonds. The van der Waals surface area contributed by atoms with Crippen LogP contribution in [0.4, 0.5) is 17.1 Å².